The largest absolute Gasteiger partial charge is 0.462 e. The standard InChI is InChI=1S/C21H22N4O3/c1-2-28-20(26)16-7-5-8-18(14-16)23-21(27)25-12-10-24(11-13-25)19-9-4-3-6-17(19)15-22/h3-9,14H,2,10-13H2,1H3,(H,23,27). The van der Waals surface area contributed by atoms with Crippen LogP contribution in [0.3, 0.4) is 0 Å². The molecular weight excluding hydrogens is 356 g/mol. The van der Waals surface area contributed by atoms with E-state index >= 15 is 0 Å². The lowest BCUT2D eigenvalue weighted by Gasteiger charge is -2.36. The van der Waals surface area contributed by atoms with Crippen molar-refractivity contribution in [3.05, 3.63) is 59.7 Å². The second kappa shape index (κ2) is 8.91. The van der Waals surface area contributed by atoms with Crippen molar-refractivity contribution in [3.8, 4) is 6.07 Å². The summed E-state index contributed by atoms with van der Waals surface area (Å²) in [5.41, 5.74) is 2.48. The molecule has 2 amide bonds. The Bertz CT molecular complexity index is 899. The van der Waals surface area contributed by atoms with Crippen LogP contribution in [0.25, 0.3) is 0 Å². The molecule has 0 spiro atoms. The van der Waals surface area contributed by atoms with Crippen LogP contribution in [0.2, 0.25) is 0 Å². The summed E-state index contributed by atoms with van der Waals surface area (Å²) in [5, 5.41) is 12.1. The van der Waals surface area contributed by atoms with Crippen LogP contribution in [0.4, 0.5) is 16.2 Å². The predicted molar refractivity (Wildman–Crippen MR) is 106 cm³/mol. The van der Waals surface area contributed by atoms with E-state index in [4.69, 9.17) is 4.74 Å². The van der Waals surface area contributed by atoms with E-state index in [9.17, 15) is 14.9 Å². The van der Waals surface area contributed by atoms with Crippen molar-refractivity contribution in [3.63, 3.8) is 0 Å². The van der Waals surface area contributed by atoms with Gasteiger partial charge >= 0.3 is 12.0 Å². The van der Waals surface area contributed by atoms with Crippen LogP contribution in [0, 0.1) is 11.3 Å². The Balaban J connectivity index is 1.59. The quantitative estimate of drug-likeness (QED) is 0.827. The molecule has 1 heterocycles. The van der Waals surface area contributed by atoms with Gasteiger partial charge in [-0.1, -0.05) is 18.2 Å². The van der Waals surface area contributed by atoms with Gasteiger partial charge in [0, 0.05) is 31.9 Å². The van der Waals surface area contributed by atoms with E-state index in [1.807, 2.05) is 18.2 Å². The molecule has 2 aromatic carbocycles. The molecular formula is C21H22N4O3. The monoisotopic (exact) mass is 378 g/mol. The summed E-state index contributed by atoms with van der Waals surface area (Å²) >= 11 is 0. The highest BCUT2D eigenvalue weighted by atomic mass is 16.5. The van der Waals surface area contributed by atoms with Gasteiger partial charge in [0.1, 0.15) is 6.07 Å². The van der Waals surface area contributed by atoms with Gasteiger partial charge in [0.25, 0.3) is 0 Å². The third kappa shape index (κ3) is 4.41. The molecule has 1 saturated heterocycles. The van der Waals surface area contributed by atoms with E-state index in [0.717, 1.165) is 5.69 Å². The number of amides is 2. The Labute approximate surface area is 164 Å². The lowest BCUT2D eigenvalue weighted by atomic mass is 10.1. The second-order valence-electron chi connectivity index (χ2n) is 6.33. The zero-order valence-corrected chi connectivity index (χ0v) is 15.7. The van der Waals surface area contributed by atoms with Crippen LogP contribution in [-0.4, -0.2) is 49.7 Å². The minimum atomic E-state index is -0.414. The van der Waals surface area contributed by atoms with Crippen LogP contribution in [-0.2, 0) is 4.74 Å². The fourth-order valence-electron chi connectivity index (χ4n) is 3.14. The Kier molecular flexibility index (Phi) is 6.12. The normalized spacial score (nSPS) is 13.6. The third-order valence-electron chi connectivity index (χ3n) is 4.56. The minimum Gasteiger partial charge on any atom is -0.462 e. The second-order valence-corrected chi connectivity index (χ2v) is 6.33. The molecule has 28 heavy (non-hydrogen) atoms. The lowest BCUT2D eigenvalue weighted by molar-refractivity contribution is 0.0526. The number of nitriles is 1. The highest BCUT2D eigenvalue weighted by Gasteiger charge is 2.22. The average Bonchev–Trinajstić information content (AvgIpc) is 2.74. The number of ether oxygens (including phenoxy) is 1. The van der Waals surface area contributed by atoms with E-state index < -0.39 is 5.97 Å². The van der Waals surface area contributed by atoms with Gasteiger partial charge in [-0.3, -0.25) is 0 Å². The first-order valence-electron chi connectivity index (χ1n) is 9.19. The third-order valence-corrected chi connectivity index (χ3v) is 4.56. The number of nitrogens with one attached hydrogen (secondary N) is 1. The number of hydrogen-bond donors (Lipinski definition) is 1. The summed E-state index contributed by atoms with van der Waals surface area (Å²) < 4.78 is 4.99. The number of urea groups is 1. The van der Waals surface area contributed by atoms with E-state index in [1.165, 1.54) is 0 Å². The zero-order chi connectivity index (χ0) is 19.9. The number of anilines is 2. The zero-order valence-electron chi connectivity index (χ0n) is 15.7. The number of nitrogens with zero attached hydrogens (tertiary/aromatic N) is 3. The molecule has 0 unspecified atom stereocenters. The molecule has 1 aliphatic rings. The topological polar surface area (TPSA) is 85.7 Å². The Morgan fingerprint density at radius 3 is 2.57 bits per heavy atom. The van der Waals surface area contributed by atoms with Gasteiger partial charge in [-0.25, -0.2) is 9.59 Å². The number of esters is 1. The van der Waals surface area contributed by atoms with Crippen LogP contribution >= 0.6 is 0 Å². The molecule has 7 nitrogen and oxygen atoms in total. The van der Waals surface area contributed by atoms with Crippen LogP contribution < -0.4 is 10.2 Å². The molecule has 144 valence electrons. The molecule has 2 aromatic rings. The number of hydrogen-bond acceptors (Lipinski definition) is 5. The molecule has 3 rings (SSSR count). The van der Waals surface area contributed by atoms with Gasteiger partial charge in [0.2, 0.25) is 0 Å². The van der Waals surface area contributed by atoms with Crippen molar-refractivity contribution < 1.29 is 14.3 Å². The molecule has 0 saturated carbocycles. The van der Waals surface area contributed by atoms with Crippen molar-refractivity contribution in [2.75, 3.05) is 43.0 Å². The van der Waals surface area contributed by atoms with E-state index in [2.05, 4.69) is 16.3 Å². The van der Waals surface area contributed by atoms with Gasteiger partial charge in [0.05, 0.1) is 23.4 Å². The van der Waals surface area contributed by atoms with Crippen LogP contribution in [0.5, 0.6) is 0 Å². The molecule has 7 heteroatoms. The van der Waals surface area contributed by atoms with Gasteiger partial charge in [-0.05, 0) is 37.3 Å². The number of benzene rings is 2. The highest BCUT2D eigenvalue weighted by Crippen LogP contribution is 2.21. The molecule has 1 fully saturated rings. The first-order chi connectivity index (χ1) is 13.6. The first kappa shape index (κ1) is 19.2. The summed E-state index contributed by atoms with van der Waals surface area (Å²) in [6.45, 7) is 4.43. The Morgan fingerprint density at radius 1 is 1.11 bits per heavy atom. The molecule has 1 N–H and O–H groups in total. The Hall–Kier alpha value is -3.53. The fourth-order valence-corrected chi connectivity index (χ4v) is 3.14. The maximum atomic E-state index is 12.6. The highest BCUT2D eigenvalue weighted by molar-refractivity contribution is 5.94. The van der Waals surface area contributed by atoms with Gasteiger partial charge in [-0.2, -0.15) is 5.26 Å². The van der Waals surface area contributed by atoms with Crippen molar-refractivity contribution in [2.45, 2.75) is 6.92 Å². The molecule has 0 radical (unpaired) electrons. The van der Waals surface area contributed by atoms with Gasteiger partial charge in [0.15, 0.2) is 0 Å². The summed E-state index contributed by atoms with van der Waals surface area (Å²) in [6, 6.07) is 16.2. The van der Waals surface area contributed by atoms with E-state index in [1.54, 1.807) is 42.2 Å². The van der Waals surface area contributed by atoms with Crippen LogP contribution in [0.15, 0.2) is 48.5 Å². The number of piperazine rings is 1. The summed E-state index contributed by atoms with van der Waals surface area (Å²) in [7, 11) is 0. The summed E-state index contributed by atoms with van der Waals surface area (Å²) in [5.74, 6) is -0.414. The number of carbonyl (C=O) groups excluding carboxylic acids is 2. The number of rotatable bonds is 4. The molecule has 0 bridgehead atoms. The van der Waals surface area contributed by atoms with Crippen molar-refractivity contribution in [1.29, 1.82) is 5.26 Å². The smallest absolute Gasteiger partial charge is 0.338 e. The molecule has 0 aromatic heterocycles. The van der Waals surface area contributed by atoms with E-state index in [0.29, 0.717) is 49.6 Å². The predicted octanol–water partition coefficient (Wildman–Crippen LogP) is 3.09. The number of carbonyl (C=O) groups is 2. The maximum absolute atomic E-state index is 12.6. The fraction of sp³-hybridized carbons (Fsp3) is 0.286. The van der Waals surface area contributed by atoms with Crippen molar-refractivity contribution in [2.24, 2.45) is 0 Å². The van der Waals surface area contributed by atoms with Crippen LogP contribution in [0.1, 0.15) is 22.8 Å². The lowest BCUT2D eigenvalue weighted by Crippen LogP contribution is -2.50. The van der Waals surface area contributed by atoms with E-state index in [-0.39, 0.29) is 6.03 Å². The molecule has 1 aliphatic heterocycles. The van der Waals surface area contributed by atoms with Crippen molar-refractivity contribution >= 4 is 23.4 Å². The molecule has 0 atom stereocenters. The molecule has 0 aliphatic carbocycles. The average molecular weight is 378 g/mol. The van der Waals surface area contributed by atoms with Crippen molar-refractivity contribution in [1.82, 2.24) is 4.90 Å². The van der Waals surface area contributed by atoms with Gasteiger partial charge in [-0.15, -0.1) is 0 Å². The summed E-state index contributed by atoms with van der Waals surface area (Å²) in [6.07, 6.45) is 0. The maximum Gasteiger partial charge on any atom is 0.338 e. The SMILES string of the molecule is CCOC(=O)c1cccc(NC(=O)N2CCN(c3ccccc3C#N)CC2)c1. The van der Waals surface area contributed by atoms with Gasteiger partial charge < -0.3 is 19.9 Å². The Morgan fingerprint density at radius 2 is 1.86 bits per heavy atom. The first-order valence-corrected chi connectivity index (χ1v) is 9.19. The minimum absolute atomic E-state index is 0.214. The summed E-state index contributed by atoms with van der Waals surface area (Å²) in [4.78, 5) is 28.2. The number of para-hydroxylation sites is 1.